The molecule has 0 saturated carbocycles. The SMILES string of the molecule is Cc1cc2c(O)c(c1)CNc1ccccc1Oc1ccccc1Oc1ccccc1NCc1cc(C)cc(c1O)CNc1ccccc1Oc1ccccc1Oc1ccccc1NC2. The number of aryl methyl sites for hydroxylation is 2. The lowest BCUT2D eigenvalue weighted by molar-refractivity contribution is 0.420. The molecule has 10 nitrogen and oxygen atoms in total. The molecule has 4 bridgehead atoms. The van der Waals surface area contributed by atoms with Gasteiger partial charge in [-0.25, -0.2) is 0 Å². The molecule has 0 saturated heterocycles. The van der Waals surface area contributed by atoms with Gasteiger partial charge < -0.3 is 50.4 Å². The van der Waals surface area contributed by atoms with E-state index in [0.717, 1.165) is 56.1 Å². The van der Waals surface area contributed by atoms with Crippen LogP contribution in [0.15, 0.2) is 170 Å². The van der Waals surface area contributed by atoms with Gasteiger partial charge in [-0.3, -0.25) is 0 Å². The molecule has 0 fully saturated rings. The van der Waals surface area contributed by atoms with Crippen molar-refractivity contribution < 1.29 is 29.2 Å². The monoisotopic (exact) mass is 848 g/mol. The van der Waals surface area contributed by atoms with Gasteiger partial charge in [0.2, 0.25) is 0 Å². The average molecular weight is 849 g/mol. The molecule has 1 aliphatic rings. The first kappa shape index (κ1) is 41.1. The van der Waals surface area contributed by atoms with Crippen LogP contribution in [0.1, 0.15) is 33.4 Å². The summed E-state index contributed by atoms with van der Waals surface area (Å²) in [4.78, 5) is 0. The fourth-order valence-electron chi connectivity index (χ4n) is 7.69. The number of aromatic hydroxyl groups is 2. The lowest BCUT2D eigenvalue weighted by Gasteiger charge is -2.19. The molecule has 320 valence electrons. The van der Waals surface area contributed by atoms with Crippen molar-refractivity contribution >= 4 is 22.7 Å². The summed E-state index contributed by atoms with van der Waals surface area (Å²) in [5, 5.41) is 37.3. The molecule has 0 unspecified atom stereocenters. The van der Waals surface area contributed by atoms with Gasteiger partial charge in [-0.15, -0.1) is 0 Å². The molecule has 9 rings (SSSR count). The minimum atomic E-state index is 0.191. The van der Waals surface area contributed by atoms with Crippen LogP contribution in [0.2, 0.25) is 0 Å². The number of benzene rings is 8. The van der Waals surface area contributed by atoms with Crippen molar-refractivity contribution in [3.8, 4) is 57.5 Å². The first-order valence-corrected chi connectivity index (χ1v) is 21.2. The summed E-state index contributed by atoms with van der Waals surface area (Å²) >= 11 is 0. The second-order valence-electron chi connectivity index (χ2n) is 15.6. The van der Waals surface area contributed by atoms with Crippen LogP contribution in [0.3, 0.4) is 0 Å². The quantitative estimate of drug-likeness (QED) is 0.0878. The molecule has 8 aromatic rings. The number of fused-ring (bicyclic) bond motifs is 10. The topological polar surface area (TPSA) is 126 Å². The highest BCUT2D eigenvalue weighted by molar-refractivity contribution is 5.64. The van der Waals surface area contributed by atoms with E-state index >= 15 is 0 Å². The average Bonchev–Trinajstić information content (AvgIpc) is 3.31. The number of ether oxygens (including phenoxy) is 4. The third-order valence-electron chi connectivity index (χ3n) is 10.8. The Morgan fingerprint density at radius 3 is 0.750 bits per heavy atom. The standard InChI is InChI=1S/C54H48N4O6/c1-35-27-37-31-55-41-15-3-7-19-45(41)61-49-23-11-13-25-51(49)63-47-21-9-5-17-43(47)57-33-39-29-36(2)30-40(54(39)60)34-58-44-18-6-10-22-48(44)64-52-26-14-12-24-50(52)62-46-20-8-4-16-42(46)56-32-38(28-35)53(37)59/h3-30,55-60H,31-34H2,1-2H3. The van der Waals surface area contributed by atoms with E-state index in [0.29, 0.717) is 72.2 Å². The summed E-state index contributed by atoms with van der Waals surface area (Å²) in [7, 11) is 0. The van der Waals surface area contributed by atoms with Crippen LogP contribution in [0.25, 0.3) is 0 Å². The van der Waals surface area contributed by atoms with E-state index < -0.39 is 0 Å². The summed E-state index contributed by atoms with van der Waals surface area (Å²) in [5.74, 6) is 4.82. The molecule has 1 heterocycles. The zero-order valence-electron chi connectivity index (χ0n) is 35.5. The second kappa shape index (κ2) is 18.8. The maximum Gasteiger partial charge on any atom is 0.170 e. The fraction of sp³-hybridized carbons (Fsp3) is 0.111. The molecule has 0 aliphatic carbocycles. The zero-order chi connectivity index (χ0) is 43.8. The number of phenolic OH excluding ortho intramolecular Hbond substituents is 2. The van der Waals surface area contributed by atoms with Crippen LogP contribution in [0, 0.1) is 13.8 Å². The van der Waals surface area contributed by atoms with Gasteiger partial charge in [0.25, 0.3) is 0 Å². The van der Waals surface area contributed by atoms with Crippen molar-refractivity contribution in [3.05, 3.63) is 203 Å². The number of nitrogens with one attached hydrogen (secondary N) is 4. The summed E-state index contributed by atoms with van der Waals surface area (Å²) in [5.41, 5.74) is 7.93. The van der Waals surface area contributed by atoms with E-state index in [1.54, 1.807) is 0 Å². The number of para-hydroxylation sites is 12. The van der Waals surface area contributed by atoms with Gasteiger partial charge in [-0.05, 0) is 86.6 Å². The van der Waals surface area contributed by atoms with E-state index in [4.69, 9.17) is 18.9 Å². The van der Waals surface area contributed by atoms with Crippen molar-refractivity contribution in [1.29, 1.82) is 0 Å². The molecular weight excluding hydrogens is 801 g/mol. The van der Waals surface area contributed by atoms with E-state index in [-0.39, 0.29) is 11.5 Å². The van der Waals surface area contributed by atoms with Crippen LogP contribution in [-0.4, -0.2) is 10.2 Å². The van der Waals surface area contributed by atoms with Crippen LogP contribution in [-0.2, 0) is 26.2 Å². The summed E-state index contributed by atoms with van der Waals surface area (Å²) in [6, 6.07) is 53.7. The predicted octanol–water partition coefficient (Wildman–Crippen LogP) is 13.6. The van der Waals surface area contributed by atoms with Crippen LogP contribution in [0.5, 0.6) is 57.5 Å². The van der Waals surface area contributed by atoms with Gasteiger partial charge in [-0.2, -0.15) is 0 Å². The first-order valence-electron chi connectivity index (χ1n) is 21.2. The summed E-state index contributed by atoms with van der Waals surface area (Å²) in [6.07, 6.45) is 0. The Balaban J connectivity index is 1.07. The molecule has 0 atom stereocenters. The molecule has 1 aliphatic heterocycles. The molecule has 64 heavy (non-hydrogen) atoms. The van der Waals surface area contributed by atoms with Gasteiger partial charge in [-0.1, -0.05) is 108 Å². The molecule has 0 radical (unpaired) electrons. The number of rotatable bonds is 0. The lowest BCUT2D eigenvalue weighted by Crippen LogP contribution is -2.06. The third kappa shape index (κ3) is 9.46. The highest BCUT2D eigenvalue weighted by Crippen LogP contribution is 2.42. The van der Waals surface area contributed by atoms with Crippen molar-refractivity contribution in [1.82, 2.24) is 0 Å². The number of phenols is 2. The molecular formula is C54H48N4O6. The number of anilines is 4. The zero-order valence-corrected chi connectivity index (χ0v) is 35.5. The predicted molar refractivity (Wildman–Crippen MR) is 254 cm³/mol. The van der Waals surface area contributed by atoms with Gasteiger partial charge in [0.05, 0.1) is 22.7 Å². The Hall–Kier alpha value is -8.24. The van der Waals surface area contributed by atoms with Crippen molar-refractivity contribution in [3.63, 3.8) is 0 Å². The summed E-state index contributed by atoms with van der Waals surface area (Å²) < 4.78 is 26.2. The Bertz CT molecular complexity index is 2550. The van der Waals surface area contributed by atoms with Crippen LogP contribution < -0.4 is 40.2 Å². The number of hydrogen-bond donors (Lipinski definition) is 6. The van der Waals surface area contributed by atoms with Gasteiger partial charge in [0.1, 0.15) is 11.5 Å². The minimum absolute atomic E-state index is 0.191. The van der Waals surface area contributed by atoms with E-state index in [2.05, 4.69) is 21.3 Å². The molecule has 8 aromatic carbocycles. The fourth-order valence-corrected chi connectivity index (χ4v) is 7.69. The maximum atomic E-state index is 11.6. The highest BCUT2D eigenvalue weighted by atomic mass is 16.5. The second-order valence-corrected chi connectivity index (χ2v) is 15.6. The molecule has 6 N–H and O–H groups in total. The Morgan fingerprint density at radius 1 is 0.312 bits per heavy atom. The van der Waals surface area contributed by atoms with Crippen molar-refractivity contribution in [2.24, 2.45) is 0 Å². The van der Waals surface area contributed by atoms with Crippen LogP contribution in [0.4, 0.5) is 22.7 Å². The van der Waals surface area contributed by atoms with E-state index in [9.17, 15) is 10.2 Å². The first-order chi connectivity index (χ1) is 31.3. The smallest absolute Gasteiger partial charge is 0.170 e. The van der Waals surface area contributed by atoms with Crippen LogP contribution >= 0.6 is 0 Å². The van der Waals surface area contributed by atoms with Crippen molar-refractivity contribution in [2.45, 2.75) is 40.0 Å². The van der Waals surface area contributed by atoms with Gasteiger partial charge >= 0.3 is 0 Å². The normalized spacial score (nSPS) is 12.8. The van der Waals surface area contributed by atoms with Gasteiger partial charge in [0, 0.05) is 48.4 Å². The van der Waals surface area contributed by atoms with Gasteiger partial charge in [0.15, 0.2) is 46.0 Å². The van der Waals surface area contributed by atoms with Crippen molar-refractivity contribution in [2.75, 3.05) is 21.3 Å². The summed E-state index contributed by atoms with van der Waals surface area (Å²) in [6.45, 7) is 5.39. The Labute approximate surface area is 372 Å². The maximum absolute atomic E-state index is 11.6. The third-order valence-corrected chi connectivity index (χ3v) is 10.8. The molecule has 0 amide bonds. The lowest BCUT2D eigenvalue weighted by atomic mass is 10.0. The highest BCUT2D eigenvalue weighted by Gasteiger charge is 2.18. The molecule has 0 aromatic heterocycles. The molecule has 0 spiro atoms. The van der Waals surface area contributed by atoms with E-state index in [1.807, 2.05) is 184 Å². The molecule has 10 heteroatoms. The largest absolute Gasteiger partial charge is 0.507 e. The minimum Gasteiger partial charge on any atom is -0.507 e. The number of hydrogen-bond acceptors (Lipinski definition) is 10. The van der Waals surface area contributed by atoms with E-state index in [1.165, 1.54) is 0 Å². The Kier molecular flexibility index (Phi) is 12.1. The Morgan fingerprint density at radius 2 is 0.516 bits per heavy atom.